The first-order chi connectivity index (χ1) is 10.6. The average Bonchev–Trinajstić information content (AvgIpc) is 2.52. The van der Waals surface area contributed by atoms with E-state index in [0.29, 0.717) is 11.1 Å². The SMILES string of the molecule is N#CC(=Cc1ccc(C#N)cc1)C(=O)c1c(Cl)cccc1Cl. The van der Waals surface area contributed by atoms with Gasteiger partial charge in [-0.25, -0.2) is 0 Å². The van der Waals surface area contributed by atoms with Gasteiger partial charge in [-0.1, -0.05) is 41.4 Å². The van der Waals surface area contributed by atoms with Gasteiger partial charge in [-0.05, 0) is 35.9 Å². The van der Waals surface area contributed by atoms with Crippen LogP contribution in [0.15, 0.2) is 48.0 Å². The summed E-state index contributed by atoms with van der Waals surface area (Å²) in [6.07, 6.45) is 1.43. The van der Waals surface area contributed by atoms with Gasteiger partial charge in [-0.2, -0.15) is 10.5 Å². The first kappa shape index (κ1) is 15.8. The standard InChI is InChI=1S/C17H8Cl2N2O/c18-14-2-1-3-15(19)16(14)17(22)13(10-21)8-11-4-6-12(9-20)7-5-11/h1-8H. The summed E-state index contributed by atoms with van der Waals surface area (Å²) in [6.45, 7) is 0. The molecule has 0 aromatic heterocycles. The Bertz CT molecular complexity index is 820. The average molecular weight is 327 g/mol. The van der Waals surface area contributed by atoms with Crippen molar-refractivity contribution in [1.82, 2.24) is 0 Å². The van der Waals surface area contributed by atoms with Crippen LogP contribution >= 0.6 is 23.2 Å². The summed E-state index contributed by atoms with van der Waals surface area (Å²) in [4.78, 5) is 12.4. The lowest BCUT2D eigenvalue weighted by Gasteiger charge is -2.05. The van der Waals surface area contributed by atoms with Crippen molar-refractivity contribution in [3.8, 4) is 12.1 Å². The van der Waals surface area contributed by atoms with Gasteiger partial charge < -0.3 is 0 Å². The molecule has 0 aliphatic carbocycles. The molecule has 5 heteroatoms. The van der Waals surface area contributed by atoms with Crippen molar-refractivity contribution in [2.45, 2.75) is 0 Å². The van der Waals surface area contributed by atoms with Crippen molar-refractivity contribution in [2.24, 2.45) is 0 Å². The molecule has 22 heavy (non-hydrogen) atoms. The molecule has 0 amide bonds. The highest BCUT2D eigenvalue weighted by atomic mass is 35.5. The Kier molecular flexibility index (Phi) is 4.96. The molecule has 0 unspecified atom stereocenters. The summed E-state index contributed by atoms with van der Waals surface area (Å²) in [5.74, 6) is -0.539. The number of ketones is 1. The maximum absolute atomic E-state index is 12.4. The van der Waals surface area contributed by atoms with E-state index in [1.807, 2.05) is 12.1 Å². The second-order valence-electron chi connectivity index (χ2n) is 4.33. The molecule has 0 heterocycles. The van der Waals surface area contributed by atoms with E-state index in [1.54, 1.807) is 30.3 Å². The van der Waals surface area contributed by atoms with E-state index in [1.165, 1.54) is 18.2 Å². The maximum Gasteiger partial charge on any atom is 0.206 e. The summed E-state index contributed by atoms with van der Waals surface area (Å²) < 4.78 is 0. The molecular weight excluding hydrogens is 319 g/mol. The van der Waals surface area contributed by atoms with Crippen LogP contribution < -0.4 is 0 Å². The van der Waals surface area contributed by atoms with Gasteiger partial charge in [0.25, 0.3) is 0 Å². The minimum absolute atomic E-state index is 0.0836. The van der Waals surface area contributed by atoms with Crippen LogP contribution in [0.25, 0.3) is 6.08 Å². The molecule has 106 valence electrons. The second-order valence-corrected chi connectivity index (χ2v) is 5.14. The fourth-order valence-corrected chi connectivity index (χ4v) is 2.39. The predicted octanol–water partition coefficient (Wildman–Crippen LogP) is 4.65. The van der Waals surface area contributed by atoms with E-state index in [-0.39, 0.29) is 21.2 Å². The number of Topliss-reactive ketones (excluding diaryl/α,β-unsaturated/α-hetero) is 1. The first-order valence-corrected chi connectivity index (χ1v) is 6.93. The monoisotopic (exact) mass is 326 g/mol. The normalized spacial score (nSPS) is 10.6. The third-order valence-electron chi connectivity index (χ3n) is 2.91. The Labute approximate surface area is 137 Å². The van der Waals surface area contributed by atoms with Gasteiger partial charge in [0.2, 0.25) is 5.78 Å². The zero-order valence-electron chi connectivity index (χ0n) is 11.2. The van der Waals surface area contributed by atoms with Crippen LogP contribution in [0.4, 0.5) is 0 Å². The number of nitrogens with zero attached hydrogens (tertiary/aromatic N) is 2. The van der Waals surface area contributed by atoms with Crippen molar-refractivity contribution < 1.29 is 4.79 Å². The molecule has 2 aromatic rings. The molecule has 3 nitrogen and oxygen atoms in total. The van der Waals surface area contributed by atoms with Crippen LogP contribution in [0.5, 0.6) is 0 Å². The van der Waals surface area contributed by atoms with E-state index in [9.17, 15) is 10.1 Å². The maximum atomic E-state index is 12.4. The van der Waals surface area contributed by atoms with E-state index in [4.69, 9.17) is 28.5 Å². The molecule has 0 radical (unpaired) electrons. The lowest BCUT2D eigenvalue weighted by Crippen LogP contribution is -2.04. The lowest BCUT2D eigenvalue weighted by atomic mass is 10.0. The van der Waals surface area contributed by atoms with Gasteiger partial charge in [0, 0.05) is 0 Å². The molecule has 2 aromatic carbocycles. The largest absolute Gasteiger partial charge is 0.288 e. The van der Waals surface area contributed by atoms with Gasteiger partial charge in [-0.3, -0.25) is 4.79 Å². The highest BCUT2D eigenvalue weighted by Crippen LogP contribution is 2.27. The quantitative estimate of drug-likeness (QED) is 0.468. The number of hydrogen-bond acceptors (Lipinski definition) is 3. The van der Waals surface area contributed by atoms with Crippen molar-refractivity contribution in [3.63, 3.8) is 0 Å². The van der Waals surface area contributed by atoms with E-state index < -0.39 is 5.78 Å². The van der Waals surface area contributed by atoms with Crippen LogP contribution in [0.2, 0.25) is 10.0 Å². The van der Waals surface area contributed by atoms with Gasteiger partial charge in [0.05, 0.1) is 27.2 Å². The Morgan fingerprint density at radius 3 is 2.09 bits per heavy atom. The summed E-state index contributed by atoms with van der Waals surface area (Å²) in [7, 11) is 0. The third-order valence-corrected chi connectivity index (χ3v) is 3.54. The molecule has 0 atom stereocenters. The van der Waals surface area contributed by atoms with Crippen LogP contribution in [0, 0.1) is 22.7 Å². The minimum atomic E-state index is -0.539. The molecule has 0 N–H and O–H groups in total. The molecule has 0 saturated heterocycles. The van der Waals surface area contributed by atoms with E-state index >= 15 is 0 Å². The summed E-state index contributed by atoms with van der Waals surface area (Å²) in [5, 5.41) is 18.4. The van der Waals surface area contributed by atoms with Crippen LogP contribution in [-0.2, 0) is 0 Å². The Morgan fingerprint density at radius 1 is 1.00 bits per heavy atom. The minimum Gasteiger partial charge on any atom is -0.288 e. The van der Waals surface area contributed by atoms with Gasteiger partial charge >= 0.3 is 0 Å². The number of halogens is 2. The predicted molar refractivity (Wildman–Crippen MR) is 85.5 cm³/mol. The number of carbonyl (C=O) groups is 1. The highest BCUT2D eigenvalue weighted by Gasteiger charge is 2.18. The zero-order valence-corrected chi connectivity index (χ0v) is 12.7. The van der Waals surface area contributed by atoms with Crippen molar-refractivity contribution in [2.75, 3.05) is 0 Å². The second kappa shape index (κ2) is 6.91. The topological polar surface area (TPSA) is 64.7 Å². The number of hydrogen-bond donors (Lipinski definition) is 0. The van der Waals surface area contributed by atoms with Crippen molar-refractivity contribution in [3.05, 3.63) is 74.8 Å². The smallest absolute Gasteiger partial charge is 0.206 e. The van der Waals surface area contributed by atoms with Crippen molar-refractivity contribution >= 4 is 35.1 Å². The number of rotatable bonds is 3. The lowest BCUT2D eigenvalue weighted by molar-refractivity contribution is 0.104. The summed E-state index contributed by atoms with van der Waals surface area (Å²) in [5.41, 5.74) is 1.15. The van der Waals surface area contributed by atoms with Crippen LogP contribution in [0.1, 0.15) is 21.5 Å². The van der Waals surface area contributed by atoms with E-state index in [0.717, 1.165) is 0 Å². The number of nitriles is 2. The third kappa shape index (κ3) is 3.35. The first-order valence-electron chi connectivity index (χ1n) is 6.17. The van der Waals surface area contributed by atoms with Crippen LogP contribution in [0.3, 0.4) is 0 Å². The summed E-state index contributed by atoms with van der Waals surface area (Å²) >= 11 is 12.0. The van der Waals surface area contributed by atoms with E-state index in [2.05, 4.69) is 0 Å². The molecule has 0 saturated carbocycles. The zero-order chi connectivity index (χ0) is 16.1. The molecule has 0 aliphatic heterocycles. The van der Waals surface area contributed by atoms with Gasteiger partial charge in [0.15, 0.2) is 0 Å². The molecule has 0 spiro atoms. The highest BCUT2D eigenvalue weighted by molar-refractivity contribution is 6.41. The van der Waals surface area contributed by atoms with Crippen molar-refractivity contribution in [1.29, 1.82) is 10.5 Å². The number of carbonyl (C=O) groups excluding carboxylic acids is 1. The Hall–Kier alpha value is -2.59. The molecule has 0 fully saturated rings. The molecule has 0 aliphatic rings. The Balaban J connectivity index is 2.43. The van der Waals surface area contributed by atoms with Gasteiger partial charge in [-0.15, -0.1) is 0 Å². The molecule has 2 rings (SSSR count). The fraction of sp³-hybridized carbons (Fsp3) is 0. The Morgan fingerprint density at radius 2 is 1.59 bits per heavy atom. The van der Waals surface area contributed by atoms with Crippen LogP contribution in [-0.4, -0.2) is 5.78 Å². The van der Waals surface area contributed by atoms with Gasteiger partial charge in [0.1, 0.15) is 11.6 Å². The molecular formula is C17H8Cl2N2O. The number of allylic oxidation sites excluding steroid dienone is 1. The molecule has 0 bridgehead atoms. The number of benzene rings is 2. The fourth-order valence-electron chi connectivity index (χ4n) is 1.82. The summed E-state index contributed by atoms with van der Waals surface area (Å²) in [6, 6.07) is 15.1.